The summed E-state index contributed by atoms with van der Waals surface area (Å²) in [5.74, 6) is 1.42. The van der Waals surface area contributed by atoms with Crippen LogP contribution in [-0.2, 0) is 17.7 Å². The van der Waals surface area contributed by atoms with Gasteiger partial charge in [-0.05, 0) is 30.5 Å². The van der Waals surface area contributed by atoms with E-state index < -0.39 is 0 Å². The Morgan fingerprint density at radius 2 is 1.88 bits per heavy atom. The van der Waals surface area contributed by atoms with Gasteiger partial charge in [-0.15, -0.1) is 0 Å². The van der Waals surface area contributed by atoms with Crippen molar-refractivity contribution in [2.45, 2.75) is 19.9 Å². The molecule has 2 aromatic heterocycles. The Balaban J connectivity index is 1.45. The second kappa shape index (κ2) is 9.83. The van der Waals surface area contributed by atoms with Crippen molar-refractivity contribution in [3.05, 3.63) is 83.6 Å². The number of morpholine rings is 1. The van der Waals surface area contributed by atoms with Crippen molar-refractivity contribution in [2.75, 3.05) is 36.6 Å². The Hall–Kier alpha value is -3.71. The third-order valence-corrected chi connectivity index (χ3v) is 5.81. The van der Waals surface area contributed by atoms with Gasteiger partial charge in [0.15, 0.2) is 5.82 Å². The fraction of sp³-hybridized carbons (Fsp3) is 0.269. The third-order valence-electron chi connectivity index (χ3n) is 5.81. The first kappa shape index (κ1) is 21.2. The van der Waals surface area contributed by atoms with E-state index in [1.165, 1.54) is 11.1 Å². The van der Waals surface area contributed by atoms with Gasteiger partial charge in [-0.2, -0.15) is 15.1 Å². The molecule has 168 valence electrons. The number of rotatable bonds is 7. The molecule has 0 radical (unpaired) electrons. The number of hydrogen-bond donors (Lipinski definition) is 1. The van der Waals surface area contributed by atoms with E-state index in [1.54, 1.807) is 0 Å². The number of anilines is 2. The summed E-state index contributed by atoms with van der Waals surface area (Å²) in [5.41, 5.74) is 7.64. The molecule has 4 aromatic rings. The zero-order chi connectivity index (χ0) is 22.5. The van der Waals surface area contributed by atoms with Crippen LogP contribution in [0.25, 0.3) is 11.0 Å². The standard InChI is InChI=1S/C26H28N6O/c1-20-6-5-9-22(18-20)19-27-30-24-23-11-13-31(12-10-21-7-3-2-4-8-21)25(23)29-26(28-24)32-14-16-33-17-15-32/h2-9,11,13,18-19H,10,12,14-17H2,1H3,(H,28,29,30)/b27-19+. The maximum Gasteiger partial charge on any atom is 0.229 e. The van der Waals surface area contributed by atoms with E-state index in [0.717, 1.165) is 42.7 Å². The summed E-state index contributed by atoms with van der Waals surface area (Å²) in [4.78, 5) is 11.9. The smallest absolute Gasteiger partial charge is 0.229 e. The summed E-state index contributed by atoms with van der Waals surface area (Å²) in [5, 5.41) is 5.43. The lowest BCUT2D eigenvalue weighted by Crippen LogP contribution is -2.37. The number of ether oxygens (including phenoxy) is 1. The molecule has 0 aliphatic carbocycles. The molecule has 0 spiro atoms. The average Bonchev–Trinajstić information content (AvgIpc) is 3.27. The molecular formula is C26H28N6O. The molecular weight excluding hydrogens is 412 g/mol. The molecule has 0 amide bonds. The van der Waals surface area contributed by atoms with Crippen molar-refractivity contribution < 1.29 is 4.74 Å². The molecule has 1 fully saturated rings. The summed E-state index contributed by atoms with van der Waals surface area (Å²) in [6.45, 7) is 5.85. The zero-order valence-electron chi connectivity index (χ0n) is 18.8. The normalized spacial score (nSPS) is 14.3. The number of fused-ring (bicyclic) bond motifs is 1. The van der Waals surface area contributed by atoms with Crippen LogP contribution in [-0.4, -0.2) is 47.1 Å². The van der Waals surface area contributed by atoms with Crippen LogP contribution in [0.3, 0.4) is 0 Å². The molecule has 0 atom stereocenters. The van der Waals surface area contributed by atoms with Crippen molar-refractivity contribution in [1.82, 2.24) is 14.5 Å². The molecule has 2 aromatic carbocycles. The number of hydrogen-bond acceptors (Lipinski definition) is 6. The minimum atomic E-state index is 0.685. The molecule has 7 heteroatoms. The average molecular weight is 441 g/mol. The van der Waals surface area contributed by atoms with Crippen LogP contribution < -0.4 is 10.3 Å². The van der Waals surface area contributed by atoms with Crippen LogP contribution in [0.1, 0.15) is 16.7 Å². The van der Waals surface area contributed by atoms with Crippen LogP contribution in [0.2, 0.25) is 0 Å². The van der Waals surface area contributed by atoms with Gasteiger partial charge in [-0.1, -0.05) is 60.2 Å². The highest BCUT2D eigenvalue weighted by molar-refractivity contribution is 5.89. The van der Waals surface area contributed by atoms with Gasteiger partial charge in [0.25, 0.3) is 0 Å². The van der Waals surface area contributed by atoms with Gasteiger partial charge in [-0.25, -0.2) is 0 Å². The molecule has 0 saturated carbocycles. The second-order valence-electron chi connectivity index (χ2n) is 8.24. The molecule has 7 nitrogen and oxygen atoms in total. The van der Waals surface area contributed by atoms with Gasteiger partial charge in [0.1, 0.15) is 5.65 Å². The summed E-state index contributed by atoms with van der Waals surface area (Å²) < 4.78 is 7.71. The number of benzene rings is 2. The van der Waals surface area contributed by atoms with Crippen LogP contribution in [0.4, 0.5) is 11.8 Å². The maximum atomic E-state index is 5.52. The van der Waals surface area contributed by atoms with E-state index in [2.05, 4.69) is 75.6 Å². The number of nitrogens with one attached hydrogen (secondary N) is 1. The van der Waals surface area contributed by atoms with E-state index in [1.807, 2.05) is 24.4 Å². The summed E-state index contributed by atoms with van der Waals surface area (Å²) in [6.07, 6.45) is 4.85. The monoisotopic (exact) mass is 440 g/mol. The third kappa shape index (κ3) is 5.04. The van der Waals surface area contributed by atoms with Gasteiger partial charge in [-0.3, -0.25) is 5.43 Å². The highest BCUT2D eigenvalue weighted by Gasteiger charge is 2.18. The highest BCUT2D eigenvalue weighted by Crippen LogP contribution is 2.25. The first-order chi connectivity index (χ1) is 16.3. The van der Waals surface area contributed by atoms with Crippen LogP contribution in [0.5, 0.6) is 0 Å². The van der Waals surface area contributed by atoms with E-state index in [0.29, 0.717) is 25.0 Å². The second-order valence-corrected chi connectivity index (χ2v) is 8.24. The van der Waals surface area contributed by atoms with Crippen LogP contribution in [0, 0.1) is 6.92 Å². The SMILES string of the molecule is Cc1cccc(/C=N/Nc2nc(N3CCOCC3)nc3c2ccn3CCc2ccccc2)c1. The number of nitrogens with zero attached hydrogens (tertiary/aromatic N) is 5. The van der Waals surface area contributed by atoms with Crippen molar-refractivity contribution in [3.63, 3.8) is 0 Å². The predicted molar refractivity (Wildman–Crippen MR) is 133 cm³/mol. The molecule has 33 heavy (non-hydrogen) atoms. The van der Waals surface area contributed by atoms with Gasteiger partial charge >= 0.3 is 0 Å². The Labute approximate surface area is 193 Å². The van der Waals surface area contributed by atoms with Crippen LogP contribution >= 0.6 is 0 Å². The van der Waals surface area contributed by atoms with Gasteiger partial charge in [0, 0.05) is 25.8 Å². The summed E-state index contributed by atoms with van der Waals surface area (Å²) in [7, 11) is 0. The Morgan fingerprint density at radius 1 is 1.03 bits per heavy atom. The lowest BCUT2D eigenvalue weighted by Gasteiger charge is -2.27. The zero-order valence-corrected chi connectivity index (χ0v) is 18.8. The molecule has 1 aliphatic rings. The number of aryl methyl sites for hydroxylation is 3. The largest absolute Gasteiger partial charge is 0.378 e. The van der Waals surface area contributed by atoms with E-state index in [4.69, 9.17) is 14.7 Å². The minimum Gasteiger partial charge on any atom is -0.378 e. The number of hydrazone groups is 1. The first-order valence-corrected chi connectivity index (χ1v) is 11.4. The van der Waals surface area contributed by atoms with Crippen LogP contribution in [0.15, 0.2) is 72.0 Å². The molecule has 1 aliphatic heterocycles. The summed E-state index contributed by atoms with van der Waals surface area (Å²) in [6, 6.07) is 20.8. The lowest BCUT2D eigenvalue weighted by atomic mass is 10.1. The molecule has 1 N–H and O–H groups in total. The Kier molecular flexibility index (Phi) is 6.30. The molecule has 3 heterocycles. The van der Waals surface area contributed by atoms with Crippen molar-refractivity contribution in [2.24, 2.45) is 5.10 Å². The Bertz CT molecular complexity index is 1240. The van der Waals surface area contributed by atoms with E-state index in [-0.39, 0.29) is 0 Å². The topological polar surface area (TPSA) is 67.6 Å². The lowest BCUT2D eigenvalue weighted by molar-refractivity contribution is 0.122. The molecule has 5 rings (SSSR count). The van der Waals surface area contributed by atoms with Gasteiger partial charge < -0.3 is 14.2 Å². The van der Waals surface area contributed by atoms with Gasteiger partial charge in [0.05, 0.1) is 24.8 Å². The fourth-order valence-electron chi connectivity index (χ4n) is 4.04. The molecule has 1 saturated heterocycles. The van der Waals surface area contributed by atoms with Crippen molar-refractivity contribution >= 4 is 29.0 Å². The van der Waals surface area contributed by atoms with Gasteiger partial charge in [0.2, 0.25) is 5.95 Å². The fourth-order valence-corrected chi connectivity index (χ4v) is 4.04. The van der Waals surface area contributed by atoms with E-state index >= 15 is 0 Å². The maximum absolute atomic E-state index is 5.52. The highest BCUT2D eigenvalue weighted by atomic mass is 16.5. The molecule has 0 unspecified atom stereocenters. The van der Waals surface area contributed by atoms with Crippen molar-refractivity contribution in [3.8, 4) is 0 Å². The molecule has 0 bridgehead atoms. The van der Waals surface area contributed by atoms with Crippen molar-refractivity contribution in [1.29, 1.82) is 0 Å². The van der Waals surface area contributed by atoms with E-state index in [9.17, 15) is 0 Å². The Morgan fingerprint density at radius 3 is 2.70 bits per heavy atom. The summed E-state index contributed by atoms with van der Waals surface area (Å²) >= 11 is 0. The predicted octanol–water partition coefficient (Wildman–Crippen LogP) is 4.27. The first-order valence-electron chi connectivity index (χ1n) is 11.4. The quantitative estimate of drug-likeness (QED) is 0.343. The number of aromatic nitrogens is 3. The minimum absolute atomic E-state index is 0.685.